The summed E-state index contributed by atoms with van der Waals surface area (Å²) in [5, 5.41) is 5.55. The second-order valence-electron chi connectivity index (χ2n) is 4.87. The lowest BCUT2D eigenvalue weighted by Crippen LogP contribution is -2.39. The lowest BCUT2D eigenvalue weighted by atomic mass is 10.1. The Kier molecular flexibility index (Phi) is 3.66. The molecule has 2 aliphatic heterocycles. The molecule has 3 rings (SSSR count). The van der Waals surface area contributed by atoms with Crippen molar-refractivity contribution < 1.29 is 19.1 Å². The fraction of sp³-hybridized carbons (Fsp3) is 0.429. The highest BCUT2D eigenvalue weighted by Crippen LogP contribution is 2.23. The van der Waals surface area contributed by atoms with E-state index in [1.54, 1.807) is 12.1 Å². The summed E-state index contributed by atoms with van der Waals surface area (Å²) < 4.78 is 10.7. The third-order valence-electron chi connectivity index (χ3n) is 3.37. The Morgan fingerprint density at radius 2 is 2.30 bits per heavy atom. The minimum atomic E-state index is -0.178. The minimum absolute atomic E-state index is 0.0367. The Hall–Kier alpha value is -1.92. The second kappa shape index (κ2) is 5.60. The van der Waals surface area contributed by atoms with E-state index in [-0.39, 0.29) is 17.9 Å². The summed E-state index contributed by atoms with van der Waals surface area (Å²) in [5.74, 6) is -0.214. The zero-order valence-corrected chi connectivity index (χ0v) is 11.0. The van der Waals surface area contributed by atoms with Crippen LogP contribution in [0.15, 0.2) is 18.2 Å². The van der Waals surface area contributed by atoms with E-state index in [0.717, 1.165) is 11.3 Å². The van der Waals surface area contributed by atoms with Crippen LogP contribution in [-0.2, 0) is 20.7 Å². The third-order valence-corrected chi connectivity index (χ3v) is 3.37. The van der Waals surface area contributed by atoms with E-state index >= 15 is 0 Å². The lowest BCUT2D eigenvalue weighted by Gasteiger charge is -2.23. The van der Waals surface area contributed by atoms with Crippen LogP contribution in [0.4, 0.5) is 5.69 Å². The fourth-order valence-electron chi connectivity index (χ4n) is 2.32. The van der Waals surface area contributed by atoms with Gasteiger partial charge >= 0.3 is 0 Å². The number of nitrogens with one attached hydrogen (secondary N) is 2. The quantitative estimate of drug-likeness (QED) is 0.834. The lowest BCUT2D eigenvalue weighted by molar-refractivity contribution is -0.115. The summed E-state index contributed by atoms with van der Waals surface area (Å²) in [6.45, 7) is 2.09. The van der Waals surface area contributed by atoms with Crippen LogP contribution < -0.4 is 10.6 Å². The van der Waals surface area contributed by atoms with Gasteiger partial charge in [0.05, 0.1) is 32.3 Å². The van der Waals surface area contributed by atoms with Crippen LogP contribution in [0.1, 0.15) is 15.9 Å². The Morgan fingerprint density at radius 3 is 3.10 bits per heavy atom. The number of hydrogen-bond acceptors (Lipinski definition) is 4. The van der Waals surface area contributed by atoms with Crippen LogP contribution in [-0.4, -0.2) is 44.3 Å². The molecule has 1 unspecified atom stereocenters. The van der Waals surface area contributed by atoms with Crippen LogP contribution in [0.25, 0.3) is 0 Å². The second-order valence-corrected chi connectivity index (χ2v) is 4.87. The topological polar surface area (TPSA) is 76.7 Å². The Labute approximate surface area is 116 Å². The maximum absolute atomic E-state index is 12.0. The van der Waals surface area contributed by atoms with Gasteiger partial charge < -0.3 is 20.1 Å². The van der Waals surface area contributed by atoms with Crippen LogP contribution in [0.5, 0.6) is 0 Å². The molecule has 2 N–H and O–H groups in total. The molecule has 2 amide bonds. The first kappa shape index (κ1) is 13.1. The van der Waals surface area contributed by atoms with Gasteiger partial charge in [-0.2, -0.15) is 0 Å². The Balaban J connectivity index is 1.60. The third kappa shape index (κ3) is 2.81. The van der Waals surface area contributed by atoms with Crippen molar-refractivity contribution in [2.75, 3.05) is 31.7 Å². The van der Waals surface area contributed by atoms with Crippen molar-refractivity contribution in [3.63, 3.8) is 0 Å². The van der Waals surface area contributed by atoms with Gasteiger partial charge in [0.15, 0.2) is 0 Å². The summed E-state index contributed by atoms with van der Waals surface area (Å²) >= 11 is 0. The van der Waals surface area contributed by atoms with E-state index in [9.17, 15) is 9.59 Å². The van der Waals surface area contributed by atoms with E-state index in [1.165, 1.54) is 0 Å². The molecule has 0 aliphatic carbocycles. The molecule has 1 fully saturated rings. The zero-order chi connectivity index (χ0) is 13.9. The molecular formula is C14H16N2O4. The molecule has 0 bridgehead atoms. The van der Waals surface area contributed by atoms with Crippen LogP contribution in [0.2, 0.25) is 0 Å². The van der Waals surface area contributed by atoms with Gasteiger partial charge in [-0.15, -0.1) is 0 Å². The smallest absolute Gasteiger partial charge is 0.251 e. The summed E-state index contributed by atoms with van der Waals surface area (Å²) in [6.07, 6.45) is 0.284. The molecule has 0 aromatic heterocycles. The number of carbonyl (C=O) groups excluding carboxylic acids is 2. The molecule has 0 radical (unpaired) electrons. The highest BCUT2D eigenvalue weighted by molar-refractivity contribution is 6.02. The number of benzene rings is 1. The summed E-state index contributed by atoms with van der Waals surface area (Å²) in [4.78, 5) is 23.3. The molecule has 0 saturated carbocycles. The van der Waals surface area contributed by atoms with Crippen LogP contribution >= 0.6 is 0 Å². The molecule has 106 valence electrons. The molecule has 1 aromatic carbocycles. The van der Waals surface area contributed by atoms with Gasteiger partial charge in [-0.05, 0) is 17.7 Å². The molecule has 1 aromatic rings. The normalized spacial score (nSPS) is 21.2. The number of amides is 2. The Bertz CT molecular complexity index is 538. The van der Waals surface area contributed by atoms with Crippen LogP contribution in [0, 0.1) is 0 Å². The number of carbonyl (C=O) groups is 2. The molecule has 1 atom stereocenters. The van der Waals surface area contributed by atoms with Crippen molar-refractivity contribution >= 4 is 17.5 Å². The van der Waals surface area contributed by atoms with Crippen molar-refractivity contribution in [1.29, 1.82) is 0 Å². The summed E-state index contributed by atoms with van der Waals surface area (Å²) in [5.41, 5.74) is 2.18. The molecule has 6 heteroatoms. The van der Waals surface area contributed by atoms with E-state index in [4.69, 9.17) is 9.47 Å². The largest absolute Gasteiger partial charge is 0.376 e. The predicted molar refractivity (Wildman–Crippen MR) is 71.7 cm³/mol. The molecule has 6 nitrogen and oxygen atoms in total. The Morgan fingerprint density at radius 1 is 1.40 bits per heavy atom. The van der Waals surface area contributed by atoms with Gasteiger partial charge in [-0.1, -0.05) is 6.07 Å². The summed E-state index contributed by atoms with van der Waals surface area (Å²) in [6, 6.07) is 5.24. The molecule has 20 heavy (non-hydrogen) atoms. The van der Waals surface area contributed by atoms with Crippen molar-refractivity contribution in [1.82, 2.24) is 5.32 Å². The van der Waals surface area contributed by atoms with Crippen molar-refractivity contribution in [2.24, 2.45) is 0 Å². The maximum Gasteiger partial charge on any atom is 0.251 e. The number of rotatable bonds is 3. The first-order valence-electron chi connectivity index (χ1n) is 6.63. The van der Waals surface area contributed by atoms with E-state index in [1.807, 2.05) is 6.07 Å². The van der Waals surface area contributed by atoms with Crippen LogP contribution in [0.3, 0.4) is 0 Å². The number of fused-ring (bicyclic) bond motifs is 1. The van der Waals surface area contributed by atoms with Gasteiger partial charge in [0, 0.05) is 17.8 Å². The van der Waals surface area contributed by atoms with Gasteiger partial charge in [-0.25, -0.2) is 0 Å². The van der Waals surface area contributed by atoms with Gasteiger partial charge in [0.25, 0.3) is 5.91 Å². The molecular weight excluding hydrogens is 260 g/mol. The monoisotopic (exact) mass is 276 g/mol. The number of hydrogen-bond donors (Lipinski definition) is 2. The highest BCUT2D eigenvalue weighted by Gasteiger charge is 2.20. The molecule has 2 heterocycles. The number of anilines is 1. The zero-order valence-electron chi connectivity index (χ0n) is 11.0. The highest BCUT2D eigenvalue weighted by atomic mass is 16.6. The van der Waals surface area contributed by atoms with E-state index in [2.05, 4.69) is 10.6 Å². The average molecular weight is 276 g/mol. The molecule has 0 spiro atoms. The standard InChI is InChI=1S/C14H16N2O4/c17-13-6-9-1-2-10(5-12(9)16-13)14(18)15-7-11-8-19-3-4-20-11/h1-2,5,11H,3-4,6-8H2,(H,15,18)(H,16,17). The van der Waals surface area contributed by atoms with E-state index < -0.39 is 0 Å². The van der Waals surface area contributed by atoms with Crippen molar-refractivity contribution in [3.8, 4) is 0 Å². The van der Waals surface area contributed by atoms with Gasteiger partial charge in [-0.3, -0.25) is 9.59 Å². The first-order valence-corrected chi connectivity index (χ1v) is 6.63. The van der Waals surface area contributed by atoms with Gasteiger partial charge in [0.2, 0.25) is 5.91 Å². The fourth-order valence-corrected chi connectivity index (χ4v) is 2.32. The maximum atomic E-state index is 12.0. The predicted octanol–water partition coefficient (Wildman–Crippen LogP) is 0.326. The molecule has 1 saturated heterocycles. The number of ether oxygens (including phenoxy) is 2. The van der Waals surface area contributed by atoms with Gasteiger partial charge in [0.1, 0.15) is 0 Å². The summed E-state index contributed by atoms with van der Waals surface area (Å²) in [7, 11) is 0. The first-order chi connectivity index (χ1) is 9.72. The minimum Gasteiger partial charge on any atom is -0.376 e. The average Bonchev–Trinajstić information content (AvgIpc) is 2.85. The SMILES string of the molecule is O=C1Cc2ccc(C(=O)NCC3COCCO3)cc2N1. The van der Waals surface area contributed by atoms with E-state index in [0.29, 0.717) is 38.3 Å². The van der Waals surface area contributed by atoms with Crippen molar-refractivity contribution in [2.45, 2.75) is 12.5 Å². The van der Waals surface area contributed by atoms with Crippen molar-refractivity contribution in [3.05, 3.63) is 29.3 Å². The molecule has 2 aliphatic rings.